The number of benzene rings is 1. The van der Waals surface area contributed by atoms with Crippen LogP contribution in [0.25, 0.3) is 0 Å². The maximum absolute atomic E-state index is 13.6. The first-order chi connectivity index (χ1) is 14.9. The van der Waals surface area contributed by atoms with Crippen LogP contribution in [-0.4, -0.2) is 28.1 Å². The molecule has 0 saturated heterocycles. The lowest BCUT2D eigenvalue weighted by Crippen LogP contribution is -2.41. The SMILES string of the molecule is CC(C)c1ccc(C2C3=C(OC4CCC(Cl)CC4C3=O)C(=O)N2Cc2ccco2)cc1. The van der Waals surface area contributed by atoms with Crippen LogP contribution in [0.5, 0.6) is 0 Å². The average molecular weight is 440 g/mol. The van der Waals surface area contributed by atoms with Crippen LogP contribution in [-0.2, 0) is 20.9 Å². The molecule has 3 heterocycles. The molecule has 3 aliphatic rings. The summed E-state index contributed by atoms with van der Waals surface area (Å²) in [5.41, 5.74) is 2.59. The van der Waals surface area contributed by atoms with Gasteiger partial charge in [-0.3, -0.25) is 9.59 Å². The van der Waals surface area contributed by atoms with Crippen molar-refractivity contribution >= 4 is 23.3 Å². The van der Waals surface area contributed by atoms with Crippen molar-refractivity contribution in [3.05, 3.63) is 70.9 Å². The number of hydrogen-bond acceptors (Lipinski definition) is 4. The highest BCUT2D eigenvalue weighted by atomic mass is 35.5. The number of alkyl halides is 1. The molecule has 1 saturated carbocycles. The lowest BCUT2D eigenvalue weighted by molar-refractivity contribution is -0.135. The second-order valence-electron chi connectivity index (χ2n) is 9.02. The predicted molar refractivity (Wildman–Crippen MR) is 116 cm³/mol. The Morgan fingerprint density at radius 1 is 1.13 bits per heavy atom. The average Bonchev–Trinajstić information content (AvgIpc) is 3.36. The van der Waals surface area contributed by atoms with E-state index in [1.165, 1.54) is 5.56 Å². The predicted octanol–water partition coefficient (Wildman–Crippen LogP) is 5.12. The van der Waals surface area contributed by atoms with Crippen LogP contribution in [0.1, 0.15) is 62.0 Å². The molecule has 1 aromatic heterocycles. The van der Waals surface area contributed by atoms with E-state index in [2.05, 4.69) is 26.0 Å². The Morgan fingerprint density at radius 3 is 2.58 bits per heavy atom. The summed E-state index contributed by atoms with van der Waals surface area (Å²) in [6.07, 6.45) is 3.40. The summed E-state index contributed by atoms with van der Waals surface area (Å²) in [4.78, 5) is 28.8. The van der Waals surface area contributed by atoms with Gasteiger partial charge in [0.05, 0.1) is 30.3 Å². The van der Waals surface area contributed by atoms with E-state index in [1.54, 1.807) is 17.2 Å². The molecule has 5 rings (SSSR count). The Morgan fingerprint density at radius 2 is 1.90 bits per heavy atom. The fourth-order valence-electron chi connectivity index (χ4n) is 5.01. The second kappa shape index (κ2) is 7.86. The zero-order valence-electron chi connectivity index (χ0n) is 17.7. The third-order valence-electron chi connectivity index (χ3n) is 6.70. The largest absolute Gasteiger partial charge is 0.483 e. The van der Waals surface area contributed by atoms with Crippen LogP contribution in [0.3, 0.4) is 0 Å². The minimum Gasteiger partial charge on any atom is -0.483 e. The van der Waals surface area contributed by atoms with Gasteiger partial charge in [0.1, 0.15) is 11.9 Å². The number of fused-ring (bicyclic) bond motifs is 1. The van der Waals surface area contributed by atoms with Gasteiger partial charge in [0, 0.05) is 5.38 Å². The molecule has 0 N–H and O–H groups in total. The smallest absolute Gasteiger partial charge is 0.290 e. The molecule has 162 valence electrons. The van der Waals surface area contributed by atoms with Gasteiger partial charge in [-0.2, -0.15) is 0 Å². The lowest BCUT2D eigenvalue weighted by atomic mass is 9.77. The van der Waals surface area contributed by atoms with Gasteiger partial charge in [-0.15, -0.1) is 11.6 Å². The molecular weight excluding hydrogens is 414 g/mol. The van der Waals surface area contributed by atoms with E-state index in [1.807, 2.05) is 18.2 Å². The molecule has 31 heavy (non-hydrogen) atoms. The van der Waals surface area contributed by atoms with Gasteiger partial charge in [-0.25, -0.2) is 0 Å². The van der Waals surface area contributed by atoms with Crippen LogP contribution in [0.15, 0.2) is 58.4 Å². The van der Waals surface area contributed by atoms with E-state index >= 15 is 0 Å². The quantitative estimate of drug-likeness (QED) is 0.620. The maximum Gasteiger partial charge on any atom is 0.290 e. The summed E-state index contributed by atoms with van der Waals surface area (Å²) >= 11 is 6.38. The lowest BCUT2D eigenvalue weighted by Gasteiger charge is -2.37. The monoisotopic (exact) mass is 439 g/mol. The van der Waals surface area contributed by atoms with Crippen molar-refractivity contribution < 1.29 is 18.7 Å². The number of rotatable bonds is 4. The Balaban J connectivity index is 1.57. The summed E-state index contributed by atoms with van der Waals surface area (Å²) in [6, 6.07) is 11.3. The van der Waals surface area contributed by atoms with Crippen molar-refractivity contribution in [2.75, 3.05) is 0 Å². The van der Waals surface area contributed by atoms with Gasteiger partial charge in [0.2, 0.25) is 0 Å². The maximum atomic E-state index is 13.6. The van der Waals surface area contributed by atoms with E-state index in [4.69, 9.17) is 20.8 Å². The van der Waals surface area contributed by atoms with E-state index in [0.717, 1.165) is 12.0 Å². The molecule has 4 atom stereocenters. The summed E-state index contributed by atoms with van der Waals surface area (Å²) in [5, 5.41) is -0.0314. The van der Waals surface area contributed by atoms with Crippen molar-refractivity contribution in [2.24, 2.45) is 5.92 Å². The summed E-state index contributed by atoms with van der Waals surface area (Å²) in [5.74, 6) is 0.751. The zero-order valence-corrected chi connectivity index (χ0v) is 18.5. The minimum absolute atomic E-state index is 0.00447. The van der Waals surface area contributed by atoms with Gasteiger partial charge in [-0.05, 0) is 48.4 Å². The first-order valence-corrected chi connectivity index (χ1v) is 11.4. The topological polar surface area (TPSA) is 59.8 Å². The summed E-state index contributed by atoms with van der Waals surface area (Å²) in [7, 11) is 0. The normalized spacial score (nSPS) is 28.1. The molecule has 0 radical (unpaired) electrons. The molecule has 6 heteroatoms. The third kappa shape index (κ3) is 3.49. The first-order valence-electron chi connectivity index (χ1n) is 11.0. The van der Waals surface area contributed by atoms with Gasteiger partial charge >= 0.3 is 0 Å². The fraction of sp³-hybridized carbons (Fsp3) is 0.440. The molecule has 2 aromatic rings. The molecule has 0 spiro atoms. The van der Waals surface area contributed by atoms with Gasteiger partial charge in [-0.1, -0.05) is 38.1 Å². The fourth-order valence-corrected chi connectivity index (χ4v) is 5.32. The van der Waals surface area contributed by atoms with E-state index < -0.39 is 6.04 Å². The van der Waals surface area contributed by atoms with Crippen LogP contribution in [0, 0.1) is 5.92 Å². The first kappa shape index (κ1) is 20.4. The molecule has 1 aliphatic carbocycles. The van der Waals surface area contributed by atoms with Crippen molar-refractivity contribution in [1.29, 1.82) is 0 Å². The van der Waals surface area contributed by atoms with Crippen LogP contribution in [0.4, 0.5) is 0 Å². The molecule has 1 aromatic carbocycles. The Bertz CT molecular complexity index is 1020. The summed E-state index contributed by atoms with van der Waals surface area (Å²) < 4.78 is 11.7. The Labute approximate surface area is 187 Å². The number of Topliss-reactive ketones (excluding diaryl/α,β-unsaturated/α-hetero) is 1. The van der Waals surface area contributed by atoms with E-state index in [0.29, 0.717) is 30.1 Å². The number of ether oxygens (including phenoxy) is 1. The number of nitrogens with zero attached hydrogens (tertiary/aromatic N) is 1. The Hall–Kier alpha value is -2.53. The molecule has 2 aliphatic heterocycles. The number of halogens is 1. The van der Waals surface area contributed by atoms with Crippen LogP contribution < -0.4 is 0 Å². The van der Waals surface area contributed by atoms with Crippen molar-refractivity contribution in [1.82, 2.24) is 4.90 Å². The molecule has 5 nitrogen and oxygen atoms in total. The summed E-state index contributed by atoms with van der Waals surface area (Å²) in [6.45, 7) is 4.56. The van der Waals surface area contributed by atoms with Crippen molar-refractivity contribution in [3.8, 4) is 0 Å². The Kier molecular flexibility index (Phi) is 5.17. The molecular formula is C25H26ClNO4. The molecule has 1 fully saturated rings. The number of hydrogen-bond donors (Lipinski definition) is 0. The highest BCUT2D eigenvalue weighted by molar-refractivity contribution is 6.21. The van der Waals surface area contributed by atoms with E-state index in [9.17, 15) is 9.59 Å². The molecule has 1 amide bonds. The number of amides is 1. The molecule has 4 unspecified atom stereocenters. The number of furan rings is 1. The van der Waals surface area contributed by atoms with Crippen LogP contribution >= 0.6 is 11.6 Å². The van der Waals surface area contributed by atoms with Crippen LogP contribution in [0.2, 0.25) is 0 Å². The highest BCUT2D eigenvalue weighted by Crippen LogP contribution is 2.47. The van der Waals surface area contributed by atoms with Gasteiger partial charge in [0.25, 0.3) is 5.91 Å². The zero-order chi connectivity index (χ0) is 21.7. The number of carbonyl (C=O) groups excluding carboxylic acids is 2. The standard InChI is InChI=1S/C25H26ClNO4/c1-14(2)15-5-7-16(8-6-15)22-21-23(28)19-12-17(26)9-10-20(19)31-24(21)25(29)27(22)13-18-4-3-11-30-18/h3-8,11,14,17,19-20,22H,9-10,12-13H2,1-2H3. The number of ketones is 1. The highest BCUT2D eigenvalue weighted by Gasteiger charge is 2.52. The van der Waals surface area contributed by atoms with E-state index in [-0.39, 0.29) is 41.4 Å². The molecule has 0 bridgehead atoms. The van der Waals surface area contributed by atoms with Gasteiger partial charge < -0.3 is 14.1 Å². The van der Waals surface area contributed by atoms with Crippen molar-refractivity contribution in [2.45, 2.75) is 63.1 Å². The van der Waals surface area contributed by atoms with Gasteiger partial charge in [0.15, 0.2) is 11.5 Å². The van der Waals surface area contributed by atoms with Crippen molar-refractivity contribution in [3.63, 3.8) is 0 Å². The minimum atomic E-state index is -0.488. The number of carbonyl (C=O) groups is 2. The second-order valence-corrected chi connectivity index (χ2v) is 9.63. The third-order valence-corrected chi connectivity index (χ3v) is 7.10.